The van der Waals surface area contributed by atoms with Gasteiger partial charge < -0.3 is 9.47 Å². The first-order valence-corrected chi connectivity index (χ1v) is 5.68. The fourth-order valence-electron chi connectivity index (χ4n) is 1.15. The van der Waals surface area contributed by atoms with Crippen LogP contribution in [0.1, 0.15) is 19.4 Å². The van der Waals surface area contributed by atoms with Gasteiger partial charge in [0.05, 0.1) is 5.02 Å². The summed E-state index contributed by atoms with van der Waals surface area (Å²) in [4.78, 5) is 0. The van der Waals surface area contributed by atoms with E-state index in [2.05, 4.69) is 11.8 Å². The summed E-state index contributed by atoms with van der Waals surface area (Å²) in [5, 5.41) is 0.0942. The molecule has 0 N–H and O–H groups in total. The lowest BCUT2D eigenvalue weighted by molar-refractivity contribution is -0.117. The molecular formula is C13H14ClFO2. The van der Waals surface area contributed by atoms with E-state index in [0.29, 0.717) is 12.2 Å². The minimum Gasteiger partial charge on any atom is -0.353 e. The maximum atomic E-state index is 13.1. The monoisotopic (exact) mass is 256 g/mol. The average molecular weight is 257 g/mol. The van der Waals surface area contributed by atoms with Gasteiger partial charge in [0.15, 0.2) is 6.29 Å². The Morgan fingerprint density at radius 3 is 2.82 bits per heavy atom. The highest BCUT2D eigenvalue weighted by Crippen LogP contribution is 2.14. The molecule has 1 rings (SSSR count). The molecule has 4 heteroatoms. The van der Waals surface area contributed by atoms with E-state index in [1.165, 1.54) is 12.1 Å². The highest BCUT2D eigenvalue weighted by Gasteiger charge is 1.99. The Morgan fingerprint density at radius 1 is 1.41 bits per heavy atom. The summed E-state index contributed by atoms with van der Waals surface area (Å²) in [6.07, 6.45) is -0.281. The number of rotatable bonds is 4. The van der Waals surface area contributed by atoms with Crippen LogP contribution >= 0.6 is 11.6 Å². The molecule has 1 atom stereocenters. The average Bonchev–Trinajstić information content (AvgIpc) is 2.29. The lowest BCUT2D eigenvalue weighted by Crippen LogP contribution is -2.12. The van der Waals surface area contributed by atoms with Gasteiger partial charge in [-0.15, -0.1) is 0 Å². The number of ether oxygens (including phenoxy) is 2. The Bertz CT molecular complexity index is 423. The molecule has 1 unspecified atom stereocenters. The third-order valence-electron chi connectivity index (χ3n) is 1.94. The van der Waals surface area contributed by atoms with Gasteiger partial charge in [0.1, 0.15) is 12.4 Å². The fraction of sp³-hybridized carbons (Fsp3) is 0.385. The Balaban J connectivity index is 2.46. The topological polar surface area (TPSA) is 18.5 Å². The van der Waals surface area contributed by atoms with Crippen LogP contribution in [0.15, 0.2) is 18.2 Å². The Hall–Kier alpha value is -1.08. The van der Waals surface area contributed by atoms with Crippen molar-refractivity contribution in [1.29, 1.82) is 0 Å². The first-order chi connectivity index (χ1) is 8.13. The van der Waals surface area contributed by atoms with Crippen molar-refractivity contribution in [3.05, 3.63) is 34.6 Å². The molecular weight excluding hydrogens is 243 g/mol. The van der Waals surface area contributed by atoms with Crippen LogP contribution in [-0.2, 0) is 9.47 Å². The van der Waals surface area contributed by atoms with Crippen molar-refractivity contribution in [2.45, 2.75) is 20.1 Å². The van der Waals surface area contributed by atoms with E-state index in [-0.39, 0.29) is 17.9 Å². The van der Waals surface area contributed by atoms with Gasteiger partial charge in [-0.3, -0.25) is 0 Å². The molecule has 1 aromatic carbocycles. The Kier molecular flexibility index (Phi) is 5.99. The zero-order valence-electron chi connectivity index (χ0n) is 9.80. The highest BCUT2D eigenvalue weighted by molar-refractivity contribution is 6.30. The lowest BCUT2D eigenvalue weighted by Gasteiger charge is -2.09. The zero-order chi connectivity index (χ0) is 12.7. The number of hydrogen-bond acceptors (Lipinski definition) is 2. The first-order valence-electron chi connectivity index (χ1n) is 5.30. The predicted octanol–water partition coefficient (Wildman–Crippen LogP) is 3.23. The summed E-state index contributed by atoms with van der Waals surface area (Å²) >= 11 is 5.55. The van der Waals surface area contributed by atoms with Crippen molar-refractivity contribution in [3.8, 4) is 11.8 Å². The van der Waals surface area contributed by atoms with Crippen molar-refractivity contribution in [2.75, 3.05) is 13.2 Å². The molecule has 0 saturated heterocycles. The first kappa shape index (κ1) is 14.0. The molecule has 0 amide bonds. The van der Waals surface area contributed by atoms with Crippen LogP contribution < -0.4 is 0 Å². The molecule has 0 bridgehead atoms. The molecule has 0 aliphatic carbocycles. The van der Waals surface area contributed by atoms with Gasteiger partial charge in [-0.05, 0) is 32.0 Å². The van der Waals surface area contributed by atoms with Crippen LogP contribution in [0.2, 0.25) is 5.02 Å². The molecule has 0 spiro atoms. The largest absolute Gasteiger partial charge is 0.353 e. The lowest BCUT2D eigenvalue weighted by atomic mass is 10.2. The number of benzene rings is 1. The Morgan fingerprint density at radius 2 is 2.18 bits per heavy atom. The van der Waals surface area contributed by atoms with Gasteiger partial charge in [0, 0.05) is 12.2 Å². The molecule has 0 fully saturated rings. The van der Waals surface area contributed by atoms with Gasteiger partial charge in [-0.1, -0.05) is 23.4 Å². The minimum absolute atomic E-state index is 0.0942. The third kappa shape index (κ3) is 5.18. The molecule has 0 heterocycles. The quantitative estimate of drug-likeness (QED) is 0.608. The second-order valence-corrected chi connectivity index (χ2v) is 3.67. The molecule has 17 heavy (non-hydrogen) atoms. The molecule has 0 aromatic heterocycles. The molecule has 2 nitrogen and oxygen atoms in total. The second-order valence-electron chi connectivity index (χ2n) is 3.26. The second kappa shape index (κ2) is 7.29. The van der Waals surface area contributed by atoms with E-state index in [4.69, 9.17) is 21.1 Å². The smallest absolute Gasteiger partial charge is 0.156 e. The van der Waals surface area contributed by atoms with E-state index in [1.54, 1.807) is 13.0 Å². The molecule has 0 radical (unpaired) electrons. The van der Waals surface area contributed by atoms with E-state index in [0.717, 1.165) is 0 Å². The van der Waals surface area contributed by atoms with E-state index >= 15 is 0 Å². The summed E-state index contributed by atoms with van der Waals surface area (Å²) < 4.78 is 23.5. The maximum Gasteiger partial charge on any atom is 0.156 e. The van der Waals surface area contributed by atoms with Crippen molar-refractivity contribution < 1.29 is 13.9 Å². The summed E-state index contributed by atoms with van der Waals surface area (Å²) in [5.74, 6) is 5.09. The van der Waals surface area contributed by atoms with E-state index in [9.17, 15) is 4.39 Å². The van der Waals surface area contributed by atoms with Crippen molar-refractivity contribution >= 4 is 11.6 Å². The van der Waals surface area contributed by atoms with Gasteiger partial charge in [0.25, 0.3) is 0 Å². The summed E-state index contributed by atoms with van der Waals surface area (Å²) in [6, 6.07) is 4.43. The van der Waals surface area contributed by atoms with E-state index < -0.39 is 5.82 Å². The van der Waals surface area contributed by atoms with Gasteiger partial charge >= 0.3 is 0 Å². The highest BCUT2D eigenvalue weighted by atomic mass is 35.5. The molecule has 0 aliphatic rings. The fourth-order valence-corrected chi connectivity index (χ4v) is 1.27. The van der Waals surface area contributed by atoms with Crippen LogP contribution in [0, 0.1) is 17.7 Å². The van der Waals surface area contributed by atoms with Crippen LogP contribution in [0.4, 0.5) is 4.39 Å². The van der Waals surface area contributed by atoms with Crippen molar-refractivity contribution in [3.63, 3.8) is 0 Å². The normalized spacial score (nSPS) is 11.8. The molecule has 0 saturated carbocycles. The van der Waals surface area contributed by atoms with Crippen molar-refractivity contribution in [1.82, 2.24) is 0 Å². The van der Waals surface area contributed by atoms with Crippen molar-refractivity contribution in [2.24, 2.45) is 0 Å². The summed E-state index contributed by atoms with van der Waals surface area (Å²) in [7, 11) is 0. The van der Waals surface area contributed by atoms with Crippen LogP contribution in [-0.4, -0.2) is 19.5 Å². The maximum absolute atomic E-state index is 13.1. The third-order valence-corrected chi connectivity index (χ3v) is 2.25. The molecule has 0 aliphatic heterocycles. The predicted molar refractivity (Wildman–Crippen MR) is 65.3 cm³/mol. The minimum atomic E-state index is -0.470. The number of hydrogen-bond donors (Lipinski definition) is 0. The number of halogens is 2. The van der Waals surface area contributed by atoms with Gasteiger partial charge in [0.2, 0.25) is 0 Å². The molecule has 92 valence electrons. The van der Waals surface area contributed by atoms with Crippen LogP contribution in [0.25, 0.3) is 0 Å². The summed E-state index contributed by atoms with van der Waals surface area (Å²) in [6.45, 7) is 4.53. The summed E-state index contributed by atoms with van der Waals surface area (Å²) in [5.41, 5.74) is 0.569. The molecule has 1 aromatic rings. The van der Waals surface area contributed by atoms with Crippen LogP contribution in [0.3, 0.4) is 0 Å². The zero-order valence-corrected chi connectivity index (χ0v) is 10.6. The van der Waals surface area contributed by atoms with Gasteiger partial charge in [-0.25, -0.2) is 4.39 Å². The van der Waals surface area contributed by atoms with Crippen LogP contribution in [0.5, 0.6) is 0 Å². The SMILES string of the molecule is CCOC(C)OCC#Cc1ccc(Cl)c(F)c1. The Labute approximate surface area is 106 Å². The van der Waals surface area contributed by atoms with Gasteiger partial charge in [-0.2, -0.15) is 0 Å². The van der Waals surface area contributed by atoms with E-state index in [1.807, 2.05) is 6.92 Å². The standard InChI is InChI=1S/C13H14ClFO2/c1-3-16-10(2)17-8-4-5-11-6-7-12(14)13(15)9-11/h6-7,9-10H,3,8H2,1-2H3.